The van der Waals surface area contributed by atoms with Crippen molar-refractivity contribution < 1.29 is 9.53 Å². The zero-order valence-electron chi connectivity index (χ0n) is 13.4. The maximum Gasteiger partial charge on any atom is 0.253 e. The van der Waals surface area contributed by atoms with Crippen molar-refractivity contribution in [1.82, 2.24) is 5.32 Å². The Morgan fingerprint density at radius 3 is 2.82 bits per heavy atom. The van der Waals surface area contributed by atoms with Gasteiger partial charge in [0.2, 0.25) is 0 Å². The van der Waals surface area contributed by atoms with Crippen LogP contribution in [0.1, 0.15) is 41.6 Å². The molecule has 0 aromatic heterocycles. The van der Waals surface area contributed by atoms with Crippen molar-refractivity contribution in [3.8, 4) is 0 Å². The van der Waals surface area contributed by atoms with Crippen molar-refractivity contribution in [2.75, 3.05) is 37.7 Å². The zero-order chi connectivity index (χ0) is 15.4. The summed E-state index contributed by atoms with van der Waals surface area (Å²) in [4.78, 5) is 14.8. The number of anilines is 1. The van der Waals surface area contributed by atoms with Crippen LogP contribution in [-0.4, -0.2) is 38.8 Å². The van der Waals surface area contributed by atoms with Crippen LogP contribution in [0, 0.1) is 12.8 Å². The molecule has 1 heterocycles. The molecule has 1 aromatic carbocycles. The molecule has 2 fully saturated rings. The lowest BCUT2D eigenvalue weighted by Crippen LogP contribution is -2.30. The second kappa shape index (κ2) is 7.14. The average molecular weight is 302 g/mol. The monoisotopic (exact) mass is 302 g/mol. The maximum atomic E-state index is 12.5. The molecule has 1 N–H and O–H groups in total. The van der Waals surface area contributed by atoms with Crippen LogP contribution in [0.25, 0.3) is 0 Å². The number of benzene rings is 1. The lowest BCUT2D eigenvalue weighted by molar-refractivity contribution is 0.0907. The second-order valence-electron chi connectivity index (χ2n) is 6.49. The number of ether oxygens (including phenoxy) is 1. The van der Waals surface area contributed by atoms with Gasteiger partial charge in [0.25, 0.3) is 5.91 Å². The van der Waals surface area contributed by atoms with Gasteiger partial charge in [-0.25, -0.2) is 0 Å². The predicted octanol–water partition coefficient (Wildman–Crippen LogP) is 2.75. The molecule has 0 atom stereocenters. The Kier molecular flexibility index (Phi) is 4.98. The summed E-state index contributed by atoms with van der Waals surface area (Å²) in [7, 11) is 0. The van der Waals surface area contributed by atoms with Gasteiger partial charge in [0, 0.05) is 31.9 Å². The minimum absolute atomic E-state index is 0.0145. The van der Waals surface area contributed by atoms with Gasteiger partial charge in [-0.15, -0.1) is 0 Å². The first kappa shape index (κ1) is 15.3. The van der Waals surface area contributed by atoms with Crippen molar-refractivity contribution in [2.45, 2.75) is 32.6 Å². The molecule has 1 aliphatic heterocycles. The second-order valence-corrected chi connectivity index (χ2v) is 6.49. The third-order valence-corrected chi connectivity index (χ3v) is 4.43. The number of hydrogen-bond acceptors (Lipinski definition) is 3. The molecule has 0 radical (unpaired) electrons. The Labute approximate surface area is 132 Å². The van der Waals surface area contributed by atoms with Crippen LogP contribution in [0.4, 0.5) is 5.69 Å². The van der Waals surface area contributed by atoms with E-state index in [1.807, 2.05) is 13.0 Å². The number of hydrogen-bond donors (Lipinski definition) is 1. The standard InChI is InChI=1S/C18H26N2O2/c1-14-4-7-17(20-9-2-3-10-20)16(12-14)18(21)19-8-11-22-13-15-5-6-15/h4,7,12,15H,2-3,5-6,8-11,13H2,1H3,(H,19,21). The fraction of sp³-hybridized carbons (Fsp3) is 0.611. The number of carbonyl (C=O) groups is 1. The van der Waals surface area contributed by atoms with E-state index in [2.05, 4.69) is 22.3 Å². The van der Waals surface area contributed by atoms with E-state index >= 15 is 0 Å². The van der Waals surface area contributed by atoms with Gasteiger partial charge in [-0.2, -0.15) is 0 Å². The number of nitrogens with zero attached hydrogens (tertiary/aromatic N) is 1. The molecule has 4 nitrogen and oxygen atoms in total. The maximum absolute atomic E-state index is 12.5. The summed E-state index contributed by atoms with van der Waals surface area (Å²) >= 11 is 0. The van der Waals surface area contributed by atoms with E-state index in [0.717, 1.165) is 42.4 Å². The van der Waals surface area contributed by atoms with Crippen LogP contribution in [-0.2, 0) is 4.74 Å². The third kappa shape index (κ3) is 4.01. The highest BCUT2D eigenvalue weighted by molar-refractivity contribution is 6.00. The first-order valence-corrected chi connectivity index (χ1v) is 8.45. The summed E-state index contributed by atoms with van der Waals surface area (Å²) in [5.74, 6) is 0.787. The summed E-state index contributed by atoms with van der Waals surface area (Å²) in [6.07, 6.45) is 5.03. The van der Waals surface area contributed by atoms with Gasteiger partial charge in [0.1, 0.15) is 0 Å². The number of carbonyl (C=O) groups excluding carboxylic acids is 1. The molecule has 1 aliphatic carbocycles. The van der Waals surface area contributed by atoms with Crippen molar-refractivity contribution in [1.29, 1.82) is 0 Å². The van der Waals surface area contributed by atoms with E-state index in [1.54, 1.807) is 0 Å². The fourth-order valence-electron chi connectivity index (χ4n) is 2.93. The lowest BCUT2D eigenvalue weighted by Gasteiger charge is -2.21. The lowest BCUT2D eigenvalue weighted by atomic mass is 10.1. The van der Waals surface area contributed by atoms with Gasteiger partial charge in [-0.05, 0) is 50.7 Å². The van der Waals surface area contributed by atoms with E-state index in [4.69, 9.17) is 4.74 Å². The molecule has 2 aliphatic rings. The number of nitrogens with one attached hydrogen (secondary N) is 1. The first-order chi connectivity index (χ1) is 10.7. The van der Waals surface area contributed by atoms with Crippen molar-refractivity contribution in [3.05, 3.63) is 29.3 Å². The molecule has 1 aromatic rings. The molecular weight excluding hydrogens is 276 g/mol. The Balaban J connectivity index is 1.56. The minimum atomic E-state index is 0.0145. The largest absolute Gasteiger partial charge is 0.379 e. The smallest absolute Gasteiger partial charge is 0.253 e. The van der Waals surface area contributed by atoms with E-state index in [-0.39, 0.29) is 5.91 Å². The van der Waals surface area contributed by atoms with Gasteiger partial charge in [0.15, 0.2) is 0 Å². The Bertz CT molecular complexity index is 520. The van der Waals surface area contributed by atoms with Crippen LogP contribution in [0.3, 0.4) is 0 Å². The summed E-state index contributed by atoms with van der Waals surface area (Å²) in [5.41, 5.74) is 2.99. The molecule has 120 valence electrons. The minimum Gasteiger partial charge on any atom is -0.379 e. The summed E-state index contributed by atoms with van der Waals surface area (Å²) in [6, 6.07) is 6.16. The molecule has 0 spiro atoms. The molecule has 1 amide bonds. The highest BCUT2D eigenvalue weighted by Crippen LogP contribution is 2.28. The van der Waals surface area contributed by atoms with Gasteiger partial charge < -0.3 is 15.0 Å². The third-order valence-electron chi connectivity index (χ3n) is 4.43. The van der Waals surface area contributed by atoms with Crippen LogP contribution >= 0.6 is 0 Å². The predicted molar refractivity (Wildman–Crippen MR) is 88.5 cm³/mol. The van der Waals surface area contributed by atoms with Crippen LogP contribution < -0.4 is 10.2 Å². The van der Waals surface area contributed by atoms with E-state index in [9.17, 15) is 4.79 Å². The van der Waals surface area contributed by atoms with Gasteiger partial charge in [0.05, 0.1) is 12.2 Å². The van der Waals surface area contributed by atoms with Crippen molar-refractivity contribution in [2.24, 2.45) is 5.92 Å². The van der Waals surface area contributed by atoms with E-state index in [0.29, 0.717) is 13.2 Å². The Morgan fingerprint density at radius 1 is 1.32 bits per heavy atom. The topological polar surface area (TPSA) is 41.6 Å². The molecule has 1 saturated carbocycles. The molecule has 4 heteroatoms. The summed E-state index contributed by atoms with van der Waals surface area (Å²) in [6.45, 7) is 6.16. The van der Waals surface area contributed by atoms with Gasteiger partial charge >= 0.3 is 0 Å². The van der Waals surface area contributed by atoms with Crippen LogP contribution in [0.15, 0.2) is 18.2 Å². The normalized spacial score (nSPS) is 17.8. The van der Waals surface area contributed by atoms with Crippen molar-refractivity contribution in [3.63, 3.8) is 0 Å². The van der Waals surface area contributed by atoms with Crippen LogP contribution in [0.2, 0.25) is 0 Å². The van der Waals surface area contributed by atoms with E-state index in [1.165, 1.54) is 25.7 Å². The quantitative estimate of drug-likeness (QED) is 0.788. The highest BCUT2D eigenvalue weighted by Gasteiger charge is 2.21. The van der Waals surface area contributed by atoms with E-state index < -0.39 is 0 Å². The SMILES string of the molecule is Cc1ccc(N2CCCC2)c(C(=O)NCCOCC2CC2)c1. The van der Waals surface area contributed by atoms with Crippen LogP contribution in [0.5, 0.6) is 0 Å². The zero-order valence-corrected chi connectivity index (χ0v) is 13.4. The number of rotatable bonds is 7. The molecular formula is C18H26N2O2. The van der Waals surface area contributed by atoms with Gasteiger partial charge in [-0.1, -0.05) is 11.6 Å². The summed E-state index contributed by atoms with van der Waals surface area (Å²) < 4.78 is 5.57. The molecule has 1 saturated heterocycles. The van der Waals surface area contributed by atoms with Crippen molar-refractivity contribution >= 4 is 11.6 Å². The molecule has 3 rings (SSSR count). The van der Waals surface area contributed by atoms with Gasteiger partial charge in [-0.3, -0.25) is 4.79 Å². The molecule has 0 bridgehead atoms. The average Bonchev–Trinajstić information content (AvgIpc) is 3.18. The number of aryl methyl sites for hydroxylation is 1. The Morgan fingerprint density at radius 2 is 2.09 bits per heavy atom. The molecule has 0 unspecified atom stereocenters. The number of amides is 1. The molecule has 22 heavy (non-hydrogen) atoms. The summed E-state index contributed by atoms with van der Waals surface area (Å²) in [5, 5.41) is 2.99. The Hall–Kier alpha value is -1.55. The highest BCUT2D eigenvalue weighted by atomic mass is 16.5. The first-order valence-electron chi connectivity index (χ1n) is 8.45. The fourth-order valence-corrected chi connectivity index (χ4v) is 2.93.